The molecule has 4 heterocycles. The first-order chi connectivity index (χ1) is 20.6. The maximum absolute atomic E-state index is 10.6. The fraction of sp³-hybridized carbons (Fsp3) is 0.107. The van der Waals surface area contributed by atoms with E-state index < -0.39 is 12.1 Å². The minimum absolute atomic E-state index is 0.522. The number of alkyl halides is 3. The number of aromatic nitrogens is 8. The summed E-state index contributed by atoms with van der Waals surface area (Å²) in [7, 11) is 3.49. The number of aliphatic carboxylic acids is 1. The fourth-order valence-corrected chi connectivity index (χ4v) is 3.81. The molecule has 0 spiro atoms. The van der Waals surface area contributed by atoms with Crippen LogP contribution in [-0.4, -0.2) is 63.9 Å². The Morgan fingerprint density at radius 2 is 1.67 bits per heavy atom. The average Bonchev–Trinajstić information content (AvgIpc) is 3.67. The Morgan fingerprint density at radius 3 is 2.30 bits per heavy atom. The van der Waals surface area contributed by atoms with E-state index in [1.54, 1.807) is 35.1 Å². The van der Waals surface area contributed by atoms with Gasteiger partial charge in [0.05, 0.1) is 24.5 Å². The summed E-state index contributed by atoms with van der Waals surface area (Å²) in [5.74, 6) is -1.10. The molecule has 0 saturated heterocycles. The SMILES string of the molecule is COc1ccc(-c2ncn(-c3ccc(Nc4ncc5ccc(-c6cnn(C)c6)cc5n4)cc3)n2)cn1.O=C(O)C(F)(F)F. The van der Waals surface area contributed by atoms with Crippen LogP contribution in [0.5, 0.6) is 5.88 Å². The fourth-order valence-electron chi connectivity index (χ4n) is 3.81. The van der Waals surface area contributed by atoms with E-state index >= 15 is 0 Å². The Balaban J connectivity index is 0.000000472. The van der Waals surface area contributed by atoms with Crippen molar-refractivity contribution in [1.82, 2.24) is 39.5 Å². The van der Waals surface area contributed by atoms with E-state index in [4.69, 9.17) is 19.6 Å². The molecule has 43 heavy (non-hydrogen) atoms. The first-order valence-corrected chi connectivity index (χ1v) is 12.4. The summed E-state index contributed by atoms with van der Waals surface area (Å²) in [5, 5.41) is 20.2. The van der Waals surface area contributed by atoms with Gasteiger partial charge in [-0.25, -0.2) is 29.4 Å². The zero-order valence-corrected chi connectivity index (χ0v) is 22.6. The number of rotatable bonds is 6. The summed E-state index contributed by atoms with van der Waals surface area (Å²) in [6, 6.07) is 17.6. The molecule has 15 heteroatoms. The normalized spacial score (nSPS) is 11.1. The molecule has 0 atom stereocenters. The number of methoxy groups -OCH3 is 1. The number of aryl methyl sites for hydroxylation is 1. The lowest BCUT2D eigenvalue weighted by molar-refractivity contribution is -0.192. The third-order valence-electron chi connectivity index (χ3n) is 5.95. The average molecular weight is 590 g/mol. The van der Waals surface area contributed by atoms with Gasteiger partial charge in [-0.15, -0.1) is 5.10 Å². The van der Waals surface area contributed by atoms with Gasteiger partial charge < -0.3 is 15.2 Å². The number of halogens is 3. The molecule has 0 aliphatic heterocycles. The number of hydrogen-bond acceptors (Lipinski definition) is 9. The summed E-state index contributed by atoms with van der Waals surface area (Å²) in [5.41, 5.74) is 5.51. The standard InChI is InChI=1S/C26H21N9O.C2HF3O2/c1-34-15-20(14-30-34)17-3-4-18-12-28-26(32-23(18)11-17)31-21-6-8-22(9-7-21)35-16-29-25(33-35)19-5-10-24(36-2)27-13-19;3-2(4,5)1(6)7/h3-16H,1-2H3,(H,28,31,32);(H,6,7). The Hall–Kier alpha value is -5.86. The zero-order chi connectivity index (χ0) is 30.6. The number of ether oxygens (including phenoxy) is 1. The second-order valence-electron chi connectivity index (χ2n) is 8.95. The van der Waals surface area contributed by atoms with Gasteiger partial charge in [0.15, 0.2) is 5.82 Å². The highest BCUT2D eigenvalue weighted by molar-refractivity contribution is 5.84. The number of fused-ring (bicyclic) bond motifs is 1. The molecule has 6 rings (SSSR count). The first kappa shape index (κ1) is 28.7. The van der Waals surface area contributed by atoms with Crippen LogP contribution in [0.25, 0.3) is 39.1 Å². The van der Waals surface area contributed by atoms with Crippen LogP contribution in [0.3, 0.4) is 0 Å². The number of carbonyl (C=O) groups is 1. The van der Waals surface area contributed by atoms with Crippen LogP contribution >= 0.6 is 0 Å². The number of nitrogens with zero attached hydrogens (tertiary/aromatic N) is 8. The molecule has 6 aromatic rings. The lowest BCUT2D eigenvalue weighted by Crippen LogP contribution is -2.21. The third kappa shape index (κ3) is 6.90. The molecule has 0 aliphatic carbocycles. The van der Waals surface area contributed by atoms with E-state index in [0.717, 1.165) is 39.0 Å². The molecule has 0 saturated carbocycles. The van der Waals surface area contributed by atoms with Gasteiger partial charge in [-0.2, -0.15) is 18.3 Å². The van der Waals surface area contributed by atoms with E-state index in [0.29, 0.717) is 17.7 Å². The zero-order valence-electron chi connectivity index (χ0n) is 22.6. The van der Waals surface area contributed by atoms with Gasteiger partial charge in [0.25, 0.3) is 0 Å². The lowest BCUT2D eigenvalue weighted by Gasteiger charge is -2.08. The van der Waals surface area contributed by atoms with Gasteiger partial charge in [-0.1, -0.05) is 12.1 Å². The Kier molecular flexibility index (Phi) is 7.96. The molecule has 218 valence electrons. The van der Waals surface area contributed by atoms with Gasteiger partial charge in [0.1, 0.15) is 6.33 Å². The van der Waals surface area contributed by atoms with Crippen molar-refractivity contribution in [2.75, 3.05) is 12.4 Å². The smallest absolute Gasteiger partial charge is 0.481 e. The van der Waals surface area contributed by atoms with Crippen LogP contribution in [0, 0.1) is 0 Å². The molecule has 2 aromatic carbocycles. The van der Waals surface area contributed by atoms with Gasteiger partial charge in [0.2, 0.25) is 11.8 Å². The minimum atomic E-state index is -5.08. The summed E-state index contributed by atoms with van der Waals surface area (Å²) in [4.78, 5) is 26.7. The van der Waals surface area contributed by atoms with E-state index in [9.17, 15) is 13.2 Å². The molecule has 0 amide bonds. The van der Waals surface area contributed by atoms with Gasteiger partial charge >= 0.3 is 12.1 Å². The van der Waals surface area contributed by atoms with Gasteiger partial charge in [0, 0.05) is 53.9 Å². The van der Waals surface area contributed by atoms with E-state index in [2.05, 4.69) is 36.5 Å². The molecule has 0 unspecified atom stereocenters. The van der Waals surface area contributed by atoms with Crippen molar-refractivity contribution in [3.05, 3.63) is 85.7 Å². The molecule has 4 aromatic heterocycles. The molecule has 2 N–H and O–H groups in total. The third-order valence-corrected chi connectivity index (χ3v) is 5.95. The number of nitrogens with one attached hydrogen (secondary N) is 1. The van der Waals surface area contributed by atoms with Crippen LogP contribution in [-0.2, 0) is 11.8 Å². The highest BCUT2D eigenvalue weighted by Gasteiger charge is 2.38. The van der Waals surface area contributed by atoms with Crippen molar-refractivity contribution in [1.29, 1.82) is 0 Å². The number of carboxylic acids is 1. The molecular weight excluding hydrogens is 567 g/mol. The Bertz CT molecular complexity index is 1870. The summed E-state index contributed by atoms with van der Waals surface area (Å²) in [6.45, 7) is 0. The van der Waals surface area contributed by atoms with E-state index in [1.807, 2.05) is 68.1 Å². The second kappa shape index (κ2) is 11.9. The molecule has 0 bridgehead atoms. The van der Waals surface area contributed by atoms with Crippen molar-refractivity contribution in [2.24, 2.45) is 7.05 Å². The number of benzene rings is 2. The van der Waals surface area contributed by atoms with Crippen molar-refractivity contribution in [3.63, 3.8) is 0 Å². The number of anilines is 2. The quantitative estimate of drug-likeness (QED) is 0.270. The van der Waals surface area contributed by atoms with Gasteiger partial charge in [-0.3, -0.25) is 4.68 Å². The van der Waals surface area contributed by atoms with Crippen molar-refractivity contribution < 1.29 is 27.8 Å². The van der Waals surface area contributed by atoms with E-state index in [-0.39, 0.29) is 0 Å². The first-order valence-electron chi connectivity index (χ1n) is 12.4. The van der Waals surface area contributed by atoms with Gasteiger partial charge in [-0.05, 0) is 42.0 Å². The largest absolute Gasteiger partial charge is 0.490 e. The molecule has 0 fully saturated rings. The number of carboxylic acid groups (broad SMARTS) is 1. The second-order valence-corrected chi connectivity index (χ2v) is 8.95. The molecular formula is C28H22F3N9O3. The van der Waals surface area contributed by atoms with Crippen LogP contribution in [0.15, 0.2) is 85.7 Å². The summed E-state index contributed by atoms with van der Waals surface area (Å²) >= 11 is 0. The van der Waals surface area contributed by atoms with E-state index in [1.165, 1.54) is 0 Å². The lowest BCUT2D eigenvalue weighted by atomic mass is 10.1. The van der Waals surface area contributed by atoms with Crippen LogP contribution in [0.1, 0.15) is 0 Å². The van der Waals surface area contributed by atoms with Crippen LogP contribution in [0.4, 0.5) is 24.8 Å². The van der Waals surface area contributed by atoms with Crippen LogP contribution < -0.4 is 10.1 Å². The predicted molar refractivity (Wildman–Crippen MR) is 150 cm³/mol. The highest BCUT2D eigenvalue weighted by atomic mass is 19.4. The topological polar surface area (TPSA) is 146 Å². The number of pyridine rings is 1. The Labute approximate surface area is 241 Å². The molecule has 0 aliphatic rings. The maximum atomic E-state index is 10.6. The minimum Gasteiger partial charge on any atom is -0.481 e. The summed E-state index contributed by atoms with van der Waals surface area (Å²) < 4.78 is 40.3. The highest BCUT2D eigenvalue weighted by Crippen LogP contribution is 2.25. The Morgan fingerprint density at radius 1 is 0.930 bits per heavy atom. The van der Waals surface area contributed by atoms with Crippen molar-refractivity contribution >= 4 is 28.5 Å². The summed E-state index contributed by atoms with van der Waals surface area (Å²) in [6.07, 6.45) is 3.92. The number of hydrogen-bond donors (Lipinski definition) is 2. The van der Waals surface area contributed by atoms with Crippen molar-refractivity contribution in [2.45, 2.75) is 6.18 Å². The predicted octanol–water partition coefficient (Wildman–Crippen LogP) is 5.06. The molecule has 12 nitrogen and oxygen atoms in total. The van der Waals surface area contributed by atoms with Crippen LogP contribution in [0.2, 0.25) is 0 Å². The molecule has 0 radical (unpaired) electrons. The van der Waals surface area contributed by atoms with Crippen molar-refractivity contribution in [3.8, 4) is 34.1 Å². The maximum Gasteiger partial charge on any atom is 0.490 e. The monoisotopic (exact) mass is 589 g/mol.